The molecule has 1 atom stereocenters. The third kappa shape index (κ3) is 3.81. The van der Waals surface area contributed by atoms with Crippen molar-refractivity contribution in [2.75, 3.05) is 7.05 Å². The number of nitrogens with two attached hydrogens (primary N) is 1. The number of carbonyl (C=O) groups is 1. The highest BCUT2D eigenvalue weighted by molar-refractivity contribution is 5.98. The number of ether oxygens (including phenoxy) is 1. The van der Waals surface area contributed by atoms with Gasteiger partial charge in [0.2, 0.25) is 0 Å². The minimum Gasteiger partial charge on any atom is -0.435 e. The van der Waals surface area contributed by atoms with Gasteiger partial charge >= 0.3 is 6.61 Å². The number of amides is 1. The highest BCUT2D eigenvalue weighted by Crippen LogP contribution is 2.16. The van der Waals surface area contributed by atoms with E-state index in [1.165, 1.54) is 36.2 Å². The normalized spacial score (nSPS) is 13.2. The average molecular weight is 287 g/mol. The molecule has 0 aliphatic rings. The molecule has 0 saturated heterocycles. The Hall–Kier alpha value is -2.38. The number of oxime groups is 1. The number of halogens is 2. The van der Waals surface area contributed by atoms with Crippen LogP contribution in [0.4, 0.5) is 8.78 Å². The van der Waals surface area contributed by atoms with Gasteiger partial charge in [0.25, 0.3) is 5.91 Å². The Balaban J connectivity index is 2.82. The molecule has 0 spiro atoms. The lowest BCUT2D eigenvalue weighted by Gasteiger charge is -2.23. The minimum atomic E-state index is -2.92. The van der Waals surface area contributed by atoms with E-state index in [4.69, 9.17) is 10.9 Å². The number of alkyl halides is 2. The van der Waals surface area contributed by atoms with Gasteiger partial charge in [-0.05, 0) is 31.2 Å². The Kier molecular flexibility index (Phi) is 5.24. The summed E-state index contributed by atoms with van der Waals surface area (Å²) >= 11 is 0. The van der Waals surface area contributed by atoms with E-state index in [1.807, 2.05) is 0 Å². The zero-order valence-corrected chi connectivity index (χ0v) is 11.0. The predicted octanol–water partition coefficient (Wildman–Crippen LogP) is 1.49. The maximum absolute atomic E-state index is 12.1. The third-order valence-corrected chi connectivity index (χ3v) is 2.77. The van der Waals surface area contributed by atoms with Crippen LogP contribution in [0.5, 0.6) is 5.75 Å². The van der Waals surface area contributed by atoms with E-state index >= 15 is 0 Å². The Labute approximate surface area is 114 Å². The number of benzene rings is 1. The first-order chi connectivity index (χ1) is 9.36. The molecule has 0 heterocycles. The van der Waals surface area contributed by atoms with Crippen LogP contribution in [-0.4, -0.2) is 41.6 Å². The van der Waals surface area contributed by atoms with E-state index in [1.54, 1.807) is 6.92 Å². The van der Waals surface area contributed by atoms with Crippen LogP contribution in [-0.2, 0) is 0 Å². The van der Waals surface area contributed by atoms with E-state index in [9.17, 15) is 13.6 Å². The fraction of sp³-hybridized carbons (Fsp3) is 0.333. The van der Waals surface area contributed by atoms with Crippen molar-refractivity contribution in [2.45, 2.75) is 19.6 Å². The van der Waals surface area contributed by atoms with Gasteiger partial charge in [-0.1, -0.05) is 5.16 Å². The molecule has 110 valence electrons. The number of hydrogen-bond donors (Lipinski definition) is 2. The quantitative estimate of drug-likeness (QED) is 0.372. The topological polar surface area (TPSA) is 88.2 Å². The lowest BCUT2D eigenvalue weighted by molar-refractivity contribution is -0.0498. The van der Waals surface area contributed by atoms with Gasteiger partial charge in [-0.2, -0.15) is 8.78 Å². The molecule has 1 aromatic rings. The maximum Gasteiger partial charge on any atom is 0.387 e. The summed E-state index contributed by atoms with van der Waals surface area (Å²) in [5.41, 5.74) is 5.69. The first kappa shape index (κ1) is 15.7. The van der Waals surface area contributed by atoms with Crippen molar-refractivity contribution < 1.29 is 23.5 Å². The molecule has 6 nitrogen and oxygen atoms in total. The first-order valence-electron chi connectivity index (χ1n) is 5.66. The van der Waals surface area contributed by atoms with Crippen molar-refractivity contribution in [1.29, 1.82) is 0 Å². The van der Waals surface area contributed by atoms with E-state index in [0.717, 1.165) is 0 Å². The molecule has 1 aromatic carbocycles. The van der Waals surface area contributed by atoms with Gasteiger partial charge in [-0.3, -0.25) is 4.79 Å². The molecule has 0 aromatic heterocycles. The second-order valence-electron chi connectivity index (χ2n) is 4.02. The summed E-state index contributed by atoms with van der Waals surface area (Å²) in [6.45, 7) is -1.33. The molecule has 3 N–H and O–H groups in total. The van der Waals surface area contributed by atoms with Crippen LogP contribution >= 0.6 is 0 Å². The van der Waals surface area contributed by atoms with Gasteiger partial charge < -0.3 is 20.6 Å². The summed E-state index contributed by atoms with van der Waals surface area (Å²) in [6.07, 6.45) is 0. The largest absolute Gasteiger partial charge is 0.435 e. The number of carbonyl (C=O) groups excluding carboxylic acids is 1. The van der Waals surface area contributed by atoms with Crippen LogP contribution in [0.3, 0.4) is 0 Å². The molecule has 0 saturated carbocycles. The number of nitrogens with zero attached hydrogens (tertiary/aromatic N) is 2. The number of hydrogen-bond acceptors (Lipinski definition) is 4. The van der Waals surface area contributed by atoms with E-state index in [2.05, 4.69) is 9.89 Å². The average Bonchev–Trinajstić information content (AvgIpc) is 2.44. The number of rotatable bonds is 5. The molecule has 0 bridgehead atoms. The maximum atomic E-state index is 12.1. The SMILES string of the molecule is CC(C(N)=NO)N(C)C(=O)c1ccc(OC(F)F)cc1. The van der Waals surface area contributed by atoms with Gasteiger partial charge in [-0.15, -0.1) is 0 Å². The van der Waals surface area contributed by atoms with Crippen molar-refractivity contribution in [2.24, 2.45) is 10.9 Å². The molecule has 0 aliphatic heterocycles. The summed E-state index contributed by atoms with van der Waals surface area (Å²) < 4.78 is 28.2. The summed E-state index contributed by atoms with van der Waals surface area (Å²) in [5, 5.41) is 11.4. The Morgan fingerprint density at radius 2 is 1.95 bits per heavy atom. The van der Waals surface area contributed by atoms with Gasteiger partial charge in [-0.25, -0.2) is 0 Å². The molecular weight excluding hydrogens is 272 g/mol. The molecule has 1 rings (SSSR count). The van der Waals surface area contributed by atoms with Crippen LogP contribution in [0.2, 0.25) is 0 Å². The van der Waals surface area contributed by atoms with Crippen LogP contribution < -0.4 is 10.5 Å². The van der Waals surface area contributed by atoms with Crippen molar-refractivity contribution in [3.8, 4) is 5.75 Å². The Morgan fingerprint density at radius 3 is 2.40 bits per heavy atom. The summed E-state index contributed by atoms with van der Waals surface area (Å²) in [5.74, 6) is -0.546. The van der Waals surface area contributed by atoms with Gasteiger partial charge in [0, 0.05) is 12.6 Å². The highest BCUT2D eigenvalue weighted by Gasteiger charge is 2.20. The lowest BCUT2D eigenvalue weighted by Crippen LogP contribution is -2.43. The van der Waals surface area contributed by atoms with Crippen molar-refractivity contribution in [3.63, 3.8) is 0 Å². The Morgan fingerprint density at radius 1 is 1.40 bits per heavy atom. The molecule has 0 aliphatic carbocycles. The number of likely N-dealkylation sites (N-methyl/N-ethyl adjacent to an activating group) is 1. The monoisotopic (exact) mass is 287 g/mol. The van der Waals surface area contributed by atoms with Gasteiger partial charge in [0.15, 0.2) is 5.84 Å². The standard InChI is InChI=1S/C12H15F2N3O3/c1-7(10(15)16-19)17(2)11(18)8-3-5-9(6-4-8)20-12(13)14/h3-7,12,19H,1-2H3,(H2,15,16). The zero-order valence-electron chi connectivity index (χ0n) is 11.0. The van der Waals surface area contributed by atoms with E-state index in [0.29, 0.717) is 0 Å². The van der Waals surface area contributed by atoms with Crippen LogP contribution in [0, 0.1) is 0 Å². The zero-order chi connectivity index (χ0) is 15.3. The van der Waals surface area contributed by atoms with Gasteiger partial charge in [0.05, 0.1) is 6.04 Å². The van der Waals surface area contributed by atoms with E-state index < -0.39 is 18.6 Å². The lowest BCUT2D eigenvalue weighted by atomic mass is 10.1. The van der Waals surface area contributed by atoms with Crippen molar-refractivity contribution in [1.82, 2.24) is 4.90 Å². The molecule has 20 heavy (non-hydrogen) atoms. The molecule has 1 unspecified atom stereocenters. The fourth-order valence-corrected chi connectivity index (χ4v) is 1.44. The second kappa shape index (κ2) is 6.69. The molecule has 1 amide bonds. The molecule has 0 radical (unpaired) electrons. The van der Waals surface area contributed by atoms with Crippen LogP contribution in [0.1, 0.15) is 17.3 Å². The molecule has 8 heteroatoms. The van der Waals surface area contributed by atoms with E-state index in [-0.39, 0.29) is 17.1 Å². The molecule has 0 fully saturated rings. The smallest absolute Gasteiger partial charge is 0.387 e. The summed E-state index contributed by atoms with van der Waals surface area (Å²) in [6, 6.07) is 4.64. The fourth-order valence-electron chi connectivity index (χ4n) is 1.44. The Bertz CT molecular complexity index is 491. The van der Waals surface area contributed by atoms with Crippen LogP contribution in [0.15, 0.2) is 29.4 Å². The predicted molar refractivity (Wildman–Crippen MR) is 68.0 cm³/mol. The first-order valence-corrected chi connectivity index (χ1v) is 5.66. The summed E-state index contributed by atoms with van der Waals surface area (Å²) in [4.78, 5) is 13.3. The molecular formula is C12H15F2N3O3. The summed E-state index contributed by atoms with van der Waals surface area (Å²) in [7, 11) is 1.48. The third-order valence-electron chi connectivity index (χ3n) is 2.77. The highest BCUT2D eigenvalue weighted by atomic mass is 19.3. The number of amidine groups is 1. The van der Waals surface area contributed by atoms with Crippen molar-refractivity contribution in [3.05, 3.63) is 29.8 Å². The van der Waals surface area contributed by atoms with Crippen molar-refractivity contribution >= 4 is 11.7 Å². The van der Waals surface area contributed by atoms with Gasteiger partial charge in [0.1, 0.15) is 5.75 Å². The second-order valence-corrected chi connectivity index (χ2v) is 4.02. The minimum absolute atomic E-state index is 0.0383. The van der Waals surface area contributed by atoms with Crippen LogP contribution in [0.25, 0.3) is 0 Å².